The summed E-state index contributed by atoms with van der Waals surface area (Å²) in [5, 5.41) is 0. The molecule has 20 heavy (non-hydrogen) atoms. The largest absolute Gasteiger partial charge is 0.329 e. The smallest absolute Gasteiger partial charge is 0.124 e. The number of rotatable bonds is 6. The van der Waals surface area contributed by atoms with E-state index in [1.54, 1.807) is 0 Å². The van der Waals surface area contributed by atoms with Gasteiger partial charge in [0.15, 0.2) is 0 Å². The Morgan fingerprint density at radius 1 is 1.15 bits per heavy atom. The molecule has 0 amide bonds. The molecular formula is C16H26N4. The summed E-state index contributed by atoms with van der Waals surface area (Å²) in [5.74, 6) is 1.12. The van der Waals surface area contributed by atoms with Crippen LogP contribution in [0, 0.1) is 13.8 Å². The summed E-state index contributed by atoms with van der Waals surface area (Å²) in [6, 6.07) is 4.42. The van der Waals surface area contributed by atoms with Crippen molar-refractivity contribution in [3.8, 4) is 0 Å². The zero-order chi connectivity index (χ0) is 14.7. The molecule has 1 aromatic heterocycles. The molecule has 0 unspecified atom stereocenters. The third-order valence-electron chi connectivity index (χ3n) is 4.05. The molecule has 0 aliphatic carbocycles. The number of aryl methyl sites for hydroxylation is 2. The highest BCUT2D eigenvalue weighted by atomic mass is 15.2. The fourth-order valence-electron chi connectivity index (χ4n) is 2.58. The molecule has 2 N–H and O–H groups in total. The third-order valence-corrected chi connectivity index (χ3v) is 4.05. The highest BCUT2D eigenvalue weighted by Gasteiger charge is 2.13. The molecule has 0 saturated carbocycles. The SMILES string of the molecule is CCN(CC)Cc1nc2cc(C)c(C)cc2n1CCN. The second-order valence-electron chi connectivity index (χ2n) is 5.35. The van der Waals surface area contributed by atoms with E-state index >= 15 is 0 Å². The molecule has 110 valence electrons. The van der Waals surface area contributed by atoms with E-state index in [2.05, 4.69) is 49.3 Å². The van der Waals surface area contributed by atoms with Crippen molar-refractivity contribution in [1.82, 2.24) is 14.5 Å². The van der Waals surface area contributed by atoms with E-state index in [1.807, 2.05) is 0 Å². The van der Waals surface area contributed by atoms with Gasteiger partial charge in [-0.15, -0.1) is 0 Å². The minimum atomic E-state index is 0.642. The Hall–Kier alpha value is -1.39. The zero-order valence-electron chi connectivity index (χ0n) is 13.1. The average molecular weight is 274 g/mol. The van der Waals surface area contributed by atoms with Crippen LogP contribution in [0.1, 0.15) is 30.8 Å². The molecule has 1 heterocycles. The molecule has 0 atom stereocenters. The number of fused-ring (bicyclic) bond motifs is 1. The highest BCUT2D eigenvalue weighted by molar-refractivity contribution is 5.78. The molecule has 0 aliphatic heterocycles. The molecule has 0 bridgehead atoms. The average Bonchev–Trinajstić information content (AvgIpc) is 2.75. The van der Waals surface area contributed by atoms with Gasteiger partial charge in [0.05, 0.1) is 17.6 Å². The van der Waals surface area contributed by atoms with Gasteiger partial charge in [0, 0.05) is 13.1 Å². The van der Waals surface area contributed by atoms with Gasteiger partial charge in [-0.2, -0.15) is 0 Å². The molecule has 0 saturated heterocycles. The number of benzene rings is 1. The number of imidazole rings is 1. The maximum atomic E-state index is 5.78. The summed E-state index contributed by atoms with van der Waals surface area (Å²) in [5.41, 5.74) is 10.7. The summed E-state index contributed by atoms with van der Waals surface area (Å²) in [6.07, 6.45) is 0. The quantitative estimate of drug-likeness (QED) is 0.880. The topological polar surface area (TPSA) is 47.1 Å². The Kier molecular flexibility index (Phi) is 4.78. The van der Waals surface area contributed by atoms with Crippen LogP contribution in [-0.4, -0.2) is 34.1 Å². The van der Waals surface area contributed by atoms with Gasteiger partial charge < -0.3 is 10.3 Å². The van der Waals surface area contributed by atoms with Crippen LogP contribution < -0.4 is 5.73 Å². The van der Waals surface area contributed by atoms with Crippen LogP contribution >= 0.6 is 0 Å². The predicted molar refractivity (Wildman–Crippen MR) is 84.9 cm³/mol. The van der Waals surface area contributed by atoms with Gasteiger partial charge in [0.1, 0.15) is 5.82 Å². The third kappa shape index (κ3) is 2.86. The van der Waals surface area contributed by atoms with Gasteiger partial charge in [0.25, 0.3) is 0 Å². The zero-order valence-corrected chi connectivity index (χ0v) is 13.1. The fourth-order valence-corrected chi connectivity index (χ4v) is 2.58. The van der Waals surface area contributed by atoms with Gasteiger partial charge >= 0.3 is 0 Å². The molecule has 2 rings (SSSR count). The molecule has 0 spiro atoms. The van der Waals surface area contributed by atoms with E-state index < -0.39 is 0 Å². The van der Waals surface area contributed by atoms with Crippen molar-refractivity contribution in [3.63, 3.8) is 0 Å². The van der Waals surface area contributed by atoms with Crippen LogP contribution in [0.3, 0.4) is 0 Å². The summed E-state index contributed by atoms with van der Waals surface area (Å²) in [4.78, 5) is 7.22. The van der Waals surface area contributed by atoms with Crippen LogP contribution in [0.2, 0.25) is 0 Å². The van der Waals surface area contributed by atoms with Crippen LogP contribution in [0.25, 0.3) is 11.0 Å². The molecule has 4 nitrogen and oxygen atoms in total. The standard InChI is InChI=1S/C16H26N4/c1-5-19(6-2)11-16-18-14-9-12(3)13(4)10-15(14)20(16)8-7-17/h9-10H,5-8,11,17H2,1-4H3. The van der Waals surface area contributed by atoms with E-state index in [0.29, 0.717) is 6.54 Å². The van der Waals surface area contributed by atoms with E-state index in [0.717, 1.165) is 37.5 Å². The molecule has 0 fully saturated rings. The van der Waals surface area contributed by atoms with Crippen molar-refractivity contribution < 1.29 is 0 Å². The summed E-state index contributed by atoms with van der Waals surface area (Å²) >= 11 is 0. The maximum absolute atomic E-state index is 5.78. The van der Waals surface area contributed by atoms with Crippen molar-refractivity contribution in [3.05, 3.63) is 29.1 Å². The molecule has 4 heteroatoms. The first-order valence-electron chi connectivity index (χ1n) is 7.49. The van der Waals surface area contributed by atoms with Gasteiger partial charge in [-0.05, 0) is 50.2 Å². The number of aromatic nitrogens is 2. The first-order chi connectivity index (χ1) is 9.60. The summed E-state index contributed by atoms with van der Waals surface area (Å²) in [7, 11) is 0. The van der Waals surface area contributed by atoms with Gasteiger partial charge in [-0.1, -0.05) is 13.8 Å². The van der Waals surface area contributed by atoms with Crippen LogP contribution in [0.5, 0.6) is 0 Å². The summed E-state index contributed by atoms with van der Waals surface area (Å²) in [6.45, 7) is 13.1. The first kappa shape index (κ1) is 15.0. The second-order valence-corrected chi connectivity index (χ2v) is 5.35. The van der Waals surface area contributed by atoms with Crippen molar-refractivity contribution in [2.45, 2.75) is 40.8 Å². The van der Waals surface area contributed by atoms with E-state index in [-0.39, 0.29) is 0 Å². The van der Waals surface area contributed by atoms with E-state index in [4.69, 9.17) is 10.7 Å². The Labute approximate surface area is 121 Å². The van der Waals surface area contributed by atoms with Gasteiger partial charge in [0.2, 0.25) is 0 Å². The number of nitrogens with zero attached hydrogens (tertiary/aromatic N) is 3. The fraction of sp³-hybridized carbons (Fsp3) is 0.562. The van der Waals surface area contributed by atoms with E-state index in [9.17, 15) is 0 Å². The second kappa shape index (κ2) is 6.37. The molecule has 0 radical (unpaired) electrons. The molecule has 2 aromatic rings. The van der Waals surface area contributed by atoms with Gasteiger partial charge in [-0.3, -0.25) is 4.90 Å². The lowest BCUT2D eigenvalue weighted by atomic mass is 10.1. The Balaban J connectivity index is 2.49. The normalized spacial score (nSPS) is 11.7. The minimum Gasteiger partial charge on any atom is -0.329 e. The van der Waals surface area contributed by atoms with Gasteiger partial charge in [-0.25, -0.2) is 4.98 Å². The number of hydrogen-bond donors (Lipinski definition) is 1. The lowest BCUT2D eigenvalue weighted by Crippen LogP contribution is -2.25. The first-order valence-corrected chi connectivity index (χ1v) is 7.49. The molecule has 0 aliphatic rings. The van der Waals surface area contributed by atoms with Crippen LogP contribution in [0.15, 0.2) is 12.1 Å². The molecule has 1 aromatic carbocycles. The highest BCUT2D eigenvalue weighted by Crippen LogP contribution is 2.21. The Morgan fingerprint density at radius 2 is 1.80 bits per heavy atom. The van der Waals surface area contributed by atoms with Crippen molar-refractivity contribution in [2.24, 2.45) is 5.73 Å². The van der Waals surface area contributed by atoms with Crippen LogP contribution in [0.4, 0.5) is 0 Å². The van der Waals surface area contributed by atoms with Crippen molar-refractivity contribution in [1.29, 1.82) is 0 Å². The maximum Gasteiger partial charge on any atom is 0.124 e. The Bertz CT molecular complexity index is 582. The predicted octanol–water partition coefficient (Wildman–Crippen LogP) is 2.45. The number of nitrogens with two attached hydrogens (primary N) is 1. The monoisotopic (exact) mass is 274 g/mol. The number of hydrogen-bond acceptors (Lipinski definition) is 3. The van der Waals surface area contributed by atoms with Crippen molar-refractivity contribution in [2.75, 3.05) is 19.6 Å². The lowest BCUT2D eigenvalue weighted by Gasteiger charge is -2.18. The van der Waals surface area contributed by atoms with Crippen molar-refractivity contribution >= 4 is 11.0 Å². The summed E-state index contributed by atoms with van der Waals surface area (Å²) < 4.78 is 2.28. The van der Waals surface area contributed by atoms with E-state index in [1.165, 1.54) is 16.6 Å². The lowest BCUT2D eigenvalue weighted by molar-refractivity contribution is 0.284. The molecular weight excluding hydrogens is 248 g/mol. The Morgan fingerprint density at radius 3 is 2.40 bits per heavy atom. The minimum absolute atomic E-state index is 0.642. The van der Waals surface area contributed by atoms with Crippen LogP contribution in [-0.2, 0) is 13.1 Å².